The molecule has 0 saturated carbocycles. The lowest BCUT2D eigenvalue weighted by Gasteiger charge is -2.24. The summed E-state index contributed by atoms with van der Waals surface area (Å²) in [4.78, 5) is 33.9. The summed E-state index contributed by atoms with van der Waals surface area (Å²) in [6.07, 6.45) is 2.47. The minimum absolute atomic E-state index is 0.107. The molecule has 1 amide bonds. The van der Waals surface area contributed by atoms with Crippen LogP contribution in [-0.4, -0.2) is 47.5 Å². The van der Waals surface area contributed by atoms with Crippen LogP contribution in [0.5, 0.6) is 0 Å². The highest BCUT2D eigenvalue weighted by atomic mass is 79.9. The molecule has 1 aliphatic heterocycles. The Kier molecular flexibility index (Phi) is 5.73. The molecule has 7 nitrogen and oxygen atoms in total. The Labute approximate surface area is 177 Å². The maximum absolute atomic E-state index is 12.6. The van der Waals surface area contributed by atoms with E-state index in [4.69, 9.17) is 0 Å². The number of aromatic amines is 2. The third kappa shape index (κ3) is 4.54. The topological polar surface area (TPSA) is 84.2 Å². The monoisotopic (exact) mass is 457 g/mol. The van der Waals surface area contributed by atoms with Crippen molar-refractivity contribution >= 4 is 44.2 Å². The number of fused-ring (bicyclic) bond motifs is 1. The molecule has 8 heteroatoms. The maximum atomic E-state index is 12.6. The zero-order valence-electron chi connectivity index (χ0n) is 16.3. The second-order valence-corrected chi connectivity index (χ2v) is 8.35. The molecular weight excluding hydrogens is 434 g/mol. The Balaban J connectivity index is 1.41. The lowest BCUT2D eigenvalue weighted by Crippen LogP contribution is -2.30. The van der Waals surface area contributed by atoms with Crippen LogP contribution in [0.4, 0.5) is 11.4 Å². The van der Waals surface area contributed by atoms with Gasteiger partial charge in [-0.3, -0.25) is 9.69 Å². The first kappa shape index (κ1) is 19.7. The minimum Gasteiger partial charge on any atom is -0.371 e. The first-order valence-electron chi connectivity index (χ1n) is 9.72. The first-order chi connectivity index (χ1) is 14.0. The average molecular weight is 458 g/mol. The van der Waals surface area contributed by atoms with Crippen molar-refractivity contribution in [2.24, 2.45) is 0 Å². The van der Waals surface area contributed by atoms with Crippen molar-refractivity contribution in [2.75, 3.05) is 36.9 Å². The third-order valence-electron chi connectivity index (χ3n) is 5.17. The van der Waals surface area contributed by atoms with Gasteiger partial charge in [0.05, 0.1) is 23.3 Å². The summed E-state index contributed by atoms with van der Waals surface area (Å²) < 4.78 is 0.718. The summed E-state index contributed by atoms with van der Waals surface area (Å²) in [5.41, 5.74) is 4.20. The molecule has 29 heavy (non-hydrogen) atoms. The Morgan fingerprint density at radius 3 is 2.62 bits per heavy atom. The Hall–Kier alpha value is -2.58. The number of rotatable bonds is 6. The number of carbonyl (C=O) groups is 1. The number of nitrogens with zero attached hydrogens (tertiary/aromatic N) is 2. The van der Waals surface area contributed by atoms with Gasteiger partial charge in [-0.05, 0) is 59.6 Å². The summed E-state index contributed by atoms with van der Waals surface area (Å²) in [5, 5.41) is 2.92. The van der Waals surface area contributed by atoms with E-state index in [2.05, 4.69) is 54.3 Å². The SMILES string of the molecule is CN(CC(=O)Nc1cc2[nH]c(=O)[nH]c2cc1Br)Cc1ccccc1N1CCCC1. The van der Waals surface area contributed by atoms with Gasteiger partial charge in [0, 0.05) is 29.8 Å². The van der Waals surface area contributed by atoms with Gasteiger partial charge in [-0.15, -0.1) is 0 Å². The largest absolute Gasteiger partial charge is 0.371 e. The van der Waals surface area contributed by atoms with Crippen LogP contribution < -0.4 is 15.9 Å². The van der Waals surface area contributed by atoms with Crippen LogP contribution in [0.3, 0.4) is 0 Å². The quantitative estimate of drug-likeness (QED) is 0.530. The molecule has 0 bridgehead atoms. The average Bonchev–Trinajstić information content (AvgIpc) is 3.31. The normalized spacial score (nSPS) is 14.1. The lowest BCUT2D eigenvalue weighted by atomic mass is 10.1. The predicted molar refractivity (Wildman–Crippen MR) is 119 cm³/mol. The Morgan fingerprint density at radius 1 is 1.17 bits per heavy atom. The van der Waals surface area contributed by atoms with Gasteiger partial charge in [0.1, 0.15) is 0 Å². The molecule has 4 rings (SSSR count). The molecule has 152 valence electrons. The standard InChI is InChI=1S/C21H24BrN5O2/c1-26(12-14-6-2-3-7-19(14)27-8-4-5-9-27)13-20(28)23-16-11-18-17(10-15(16)22)24-21(29)25-18/h2-3,6-7,10-11H,4-5,8-9,12-13H2,1H3,(H,23,28)(H2,24,25,29). The van der Waals surface area contributed by atoms with Crippen molar-refractivity contribution in [1.82, 2.24) is 14.9 Å². The smallest absolute Gasteiger partial charge is 0.323 e. The molecule has 0 spiro atoms. The zero-order chi connectivity index (χ0) is 20.4. The van der Waals surface area contributed by atoms with Gasteiger partial charge in [-0.1, -0.05) is 18.2 Å². The Morgan fingerprint density at radius 2 is 1.86 bits per heavy atom. The number of H-pyrrole nitrogens is 2. The number of anilines is 2. The molecule has 0 atom stereocenters. The Bertz CT molecular complexity index is 1080. The van der Waals surface area contributed by atoms with Crippen molar-refractivity contribution in [3.8, 4) is 0 Å². The molecular formula is C21H24BrN5O2. The van der Waals surface area contributed by atoms with E-state index in [0.29, 0.717) is 23.3 Å². The van der Waals surface area contributed by atoms with Gasteiger partial charge in [0.25, 0.3) is 0 Å². The van der Waals surface area contributed by atoms with Crippen LogP contribution in [-0.2, 0) is 11.3 Å². The summed E-state index contributed by atoms with van der Waals surface area (Å²) in [6, 6.07) is 11.9. The molecule has 1 fully saturated rings. The number of halogens is 1. The van der Waals surface area contributed by atoms with Gasteiger partial charge in [-0.25, -0.2) is 4.79 Å². The summed E-state index contributed by atoms with van der Waals surface area (Å²) in [6.45, 7) is 3.16. The number of hydrogen-bond donors (Lipinski definition) is 3. The second-order valence-electron chi connectivity index (χ2n) is 7.50. The summed E-state index contributed by atoms with van der Waals surface area (Å²) in [7, 11) is 1.95. The number of likely N-dealkylation sites (N-methyl/N-ethyl adjacent to an activating group) is 1. The van der Waals surface area contributed by atoms with Crippen molar-refractivity contribution in [3.63, 3.8) is 0 Å². The number of hydrogen-bond acceptors (Lipinski definition) is 4. The third-order valence-corrected chi connectivity index (χ3v) is 5.83. The van der Waals surface area contributed by atoms with Crippen LogP contribution in [0.25, 0.3) is 11.0 Å². The summed E-state index contributed by atoms with van der Waals surface area (Å²) in [5.74, 6) is -0.107. The molecule has 0 aliphatic carbocycles. The molecule has 1 saturated heterocycles. The number of amides is 1. The van der Waals surface area contributed by atoms with Crippen LogP contribution in [0.15, 0.2) is 45.7 Å². The highest BCUT2D eigenvalue weighted by molar-refractivity contribution is 9.10. The highest BCUT2D eigenvalue weighted by Crippen LogP contribution is 2.27. The number of para-hydroxylation sites is 1. The first-order valence-corrected chi connectivity index (χ1v) is 10.5. The van der Waals surface area contributed by atoms with Crippen molar-refractivity contribution in [2.45, 2.75) is 19.4 Å². The number of benzene rings is 2. The van der Waals surface area contributed by atoms with Crippen LogP contribution >= 0.6 is 15.9 Å². The van der Waals surface area contributed by atoms with E-state index in [0.717, 1.165) is 17.6 Å². The molecule has 2 heterocycles. The van der Waals surface area contributed by atoms with E-state index in [1.54, 1.807) is 12.1 Å². The molecule has 3 N–H and O–H groups in total. The number of nitrogens with one attached hydrogen (secondary N) is 3. The van der Waals surface area contributed by atoms with E-state index < -0.39 is 0 Å². The van der Waals surface area contributed by atoms with Gasteiger partial charge in [-0.2, -0.15) is 0 Å². The van der Waals surface area contributed by atoms with Crippen LogP contribution in [0.2, 0.25) is 0 Å². The van der Waals surface area contributed by atoms with Crippen molar-refractivity contribution in [1.29, 1.82) is 0 Å². The van der Waals surface area contributed by atoms with Crippen molar-refractivity contribution in [3.05, 3.63) is 56.9 Å². The lowest BCUT2D eigenvalue weighted by molar-refractivity contribution is -0.117. The molecule has 1 aliphatic rings. The predicted octanol–water partition coefficient (Wildman–Crippen LogP) is 3.29. The van der Waals surface area contributed by atoms with Gasteiger partial charge < -0.3 is 20.2 Å². The molecule has 2 aromatic carbocycles. The zero-order valence-corrected chi connectivity index (χ0v) is 17.9. The van der Waals surface area contributed by atoms with E-state index in [1.165, 1.54) is 24.1 Å². The highest BCUT2D eigenvalue weighted by Gasteiger charge is 2.17. The fourth-order valence-corrected chi connectivity index (χ4v) is 4.29. The van der Waals surface area contributed by atoms with E-state index in [9.17, 15) is 9.59 Å². The fraction of sp³-hybridized carbons (Fsp3) is 0.333. The molecule has 0 radical (unpaired) electrons. The molecule has 0 unspecified atom stereocenters. The fourth-order valence-electron chi connectivity index (χ4n) is 3.84. The van der Waals surface area contributed by atoms with Crippen LogP contribution in [0, 0.1) is 0 Å². The van der Waals surface area contributed by atoms with Gasteiger partial charge in [0.2, 0.25) is 5.91 Å². The second kappa shape index (κ2) is 8.42. The van der Waals surface area contributed by atoms with E-state index in [-0.39, 0.29) is 18.1 Å². The van der Waals surface area contributed by atoms with Gasteiger partial charge >= 0.3 is 5.69 Å². The summed E-state index contributed by atoms with van der Waals surface area (Å²) >= 11 is 3.45. The number of carbonyl (C=O) groups excluding carboxylic acids is 1. The molecule has 1 aromatic heterocycles. The molecule has 3 aromatic rings. The minimum atomic E-state index is -0.272. The number of imidazole rings is 1. The van der Waals surface area contributed by atoms with Crippen molar-refractivity contribution < 1.29 is 4.79 Å². The number of aromatic nitrogens is 2. The van der Waals surface area contributed by atoms with E-state index >= 15 is 0 Å². The van der Waals surface area contributed by atoms with Crippen LogP contribution in [0.1, 0.15) is 18.4 Å². The van der Waals surface area contributed by atoms with Gasteiger partial charge in [0.15, 0.2) is 0 Å². The van der Waals surface area contributed by atoms with E-state index in [1.807, 2.05) is 18.0 Å². The maximum Gasteiger partial charge on any atom is 0.323 e.